The number of rotatable bonds is 8. The molecule has 146 valence electrons. The van der Waals surface area contributed by atoms with Gasteiger partial charge in [-0.2, -0.15) is 0 Å². The Morgan fingerprint density at radius 1 is 1.04 bits per heavy atom. The number of benzene rings is 2. The Bertz CT molecular complexity index is 895. The molecule has 5 nitrogen and oxygen atoms in total. The number of carbonyl (C=O) groups is 2. The molecule has 2 aromatic rings. The molecule has 0 aromatic heterocycles. The van der Waals surface area contributed by atoms with E-state index in [2.05, 4.69) is 5.32 Å². The van der Waals surface area contributed by atoms with Crippen molar-refractivity contribution in [2.45, 2.75) is 13.3 Å². The second-order valence-corrected chi connectivity index (χ2v) is 6.64. The first kappa shape index (κ1) is 20.0. The van der Waals surface area contributed by atoms with Crippen molar-refractivity contribution in [1.29, 1.82) is 0 Å². The summed E-state index contributed by atoms with van der Waals surface area (Å²) in [5.74, 6) is -1.19. The smallest absolute Gasteiger partial charge is 0.278 e. The second kappa shape index (κ2) is 8.99. The Labute approximate surface area is 167 Å². The molecule has 1 aliphatic heterocycles. The van der Waals surface area contributed by atoms with Crippen LogP contribution in [0.2, 0.25) is 5.02 Å². The molecule has 0 spiro atoms. The number of ether oxygens (including phenoxy) is 1. The summed E-state index contributed by atoms with van der Waals surface area (Å²) in [5, 5.41) is 3.51. The lowest BCUT2D eigenvalue weighted by Crippen LogP contribution is -2.34. The Morgan fingerprint density at radius 2 is 1.71 bits per heavy atom. The molecule has 3 rings (SSSR count). The van der Waals surface area contributed by atoms with E-state index in [0.717, 1.165) is 0 Å². The predicted molar refractivity (Wildman–Crippen MR) is 106 cm³/mol. The highest BCUT2D eigenvalue weighted by molar-refractivity contribution is 6.36. The molecule has 0 atom stereocenters. The van der Waals surface area contributed by atoms with Gasteiger partial charge in [0, 0.05) is 30.5 Å². The zero-order chi connectivity index (χ0) is 20.1. The van der Waals surface area contributed by atoms with E-state index >= 15 is 0 Å². The van der Waals surface area contributed by atoms with E-state index in [9.17, 15) is 14.0 Å². The third-order valence-electron chi connectivity index (χ3n) is 4.29. The standard InChI is InChI=1S/C21H20ClFN2O3/c1-2-28-13-3-12-25-20(26)18(14-4-6-15(22)7-5-14)19(21(25)27)24-17-10-8-16(23)9-11-17/h4-11,24H,2-3,12-13H2,1H3. The zero-order valence-electron chi connectivity index (χ0n) is 15.4. The minimum Gasteiger partial charge on any atom is -0.382 e. The van der Waals surface area contributed by atoms with E-state index in [1.165, 1.54) is 29.2 Å². The van der Waals surface area contributed by atoms with Gasteiger partial charge in [-0.3, -0.25) is 14.5 Å². The average Bonchev–Trinajstić information content (AvgIpc) is 2.92. The van der Waals surface area contributed by atoms with Crippen LogP contribution in [0.15, 0.2) is 54.2 Å². The summed E-state index contributed by atoms with van der Waals surface area (Å²) in [7, 11) is 0. The van der Waals surface area contributed by atoms with Crippen molar-refractivity contribution in [2.75, 3.05) is 25.1 Å². The zero-order valence-corrected chi connectivity index (χ0v) is 16.1. The molecular formula is C21H20ClFN2O3. The summed E-state index contributed by atoms with van der Waals surface area (Å²) in [4.78, 5) is 27.1. The summed E-state index contributed by atoms with van der Waals surface area (Å²) in [5.41, 5.74) is 1.53. The highest BCUT2D eigenvalue weighted by atomic mass is 35.5. The maximum absolute atomic E-state index is 13.2. The van der Waals surface area contributed by atoms with Crippen molar-refractivity contribution in [3.63, 3.8) is 0 Å². The van der Waals surface area contributed by atoms with Crippen LogP contribution in [-0.4, -0.2) is 36.5 Å². The van der Waals surface area contributed by atoms with Crippen LogP contribution in [0.1, 0.15) is 18.9 Å². The summed E-state index contributed by atoms with van der Waals surface area (Å²) in [6.45, 7) is 3.18. The van der Waals surface area contributed by atoms with Crippen LogP contribution < -0.4 is 5.32 Å². The molecule has 7 heteroatoms. The SMILES string of the molecule is CCOCCCN1C(=O)C(Nc2ccc(F)cc2)=C(c2ccc(Cl)cc2)C1=O. The number of anilines is 1. The molecule has 1 N–H and O–H groups in total. The van der Waals surface area contributed by atoms with Gasteiger partial charge in [-0.1, -0.05) is 23.7 Å². The average molecular weight is 403 g/mol. The van der Waals surface area contributed by atoms with Crippen LogP contribution >= 0.6 is 11.6 Å². The maximum Gasteiger partial charge on any atom is 0.278 e. The number of carbonyl (C=O) groups excluding carboxylic acids is 2. The molecule has 0 saturated carbocycles. The summed E-state index contributed by atoms with van der Waals surface area (Å²) in [6, 6.07) is 12.3. The van der Waals surface area contributed by atoms with Gasteiger partial charge in [-0.05, 0) is 55.3 Å². The highest BCUT2D eigenvalue weighted by Gasteiger charge is 2.38. The fourth-order valence-electron chi connectivity index (χ4n) is 2.93. The van der Waals surface area contributed by atoms with Gasteiger partial charge in [0.1, 0.15) is 11.5 Å². The Hall–Kier alpha value is -2.70. The lowest BCUT2D eigenvalue weighted by Gasteiger charge is -2.15. The second-order valence-electron chi connectivity index (χ2n) is 6.20. The number of hydrogen-bond donors (Lipinski definition) is 1. The third kappa shape index (κ3) is 4.40. The third-order valence-corrected chi connectivity index (χ3v) is 4.54. The van der Waals surface area contributed by atoms with E-state index < -0.39 is 5.91 Å². The monoisotopic (exact) mass is 402 g/mol. The Balaban J connectivity index is 1.92. The van der Waals surface area contributed by atoms with Crippen LogP contribution in [0.4, 0.5) is 10.1 Å². The minimum atomic E-state index is -0.421. The molecule has 28 heavy (non-hydrogen) atoms. The topological polar surface area (TPSA) is 58.6 Å². The van der Waals surface area contributed by atoms with Crippen molar-refractivity contribution in [3.8, 4) is 0 Å². The molecule has 0 radical (unpaired) electrons. The van der Waals surface area contributed by atoms with Crippen LogP contribution in [0.5, 0.6) is 0 Å². The quantitative estimate of drug-likeness (QED) is 0.533. The molecule has 0 bridgehead atoms. The maximum atomic E-state index is 13.2. The van der Waals surface area contributed by atoms with Crippen molar-refractivity contribution < 1.29 is 18.7 Å². The van der Waals surface area contributed by atoms with Gasteiger partial charge < -0.3 is 10.1 Å². The number of nitrogens with one attached hydrogen (secondary N) is 1. The molecule has 2 aromatic carbocycles. The van der Waals surface area contributed by atoms with Crippen LogP contribution in [0.25, 0.3) is 5.57 Å². The molecule has 0 aliphatic carbocycles. The lowest BCUT2D eigenvalue weighted by molar-refractivity contribution is -0.137. The van der Waals surface area contributed by atoms with Crippen LogP contribution in [-0.2, 0) is 14.3 Å². The number of hydrogen-bond acceptors (Lipinski definition) is 4. The molecule has 1 heterocycles. The van der Waals surface area contributed by atoms with Crippen molar-refractivity contribution in [1.82, 2.24) is 4.90 Å². The molecule has 2 amide bonds. The number of nitrogens with zero attached hydrogens (tertiary/aromatic N) is 1. The first-order valence-corrected chi connectivity index (χ1v) is 9.35. The summed E-state index contributed by atoms with van der Waals surface area (Å²) < 4.78 is 18.5. The highest BCUT2D eigenvalue weighted by Crippen LogP contribution is 2.31. The molecular weight excluding hydrogens is 383 g/mol. The molecule has 0 unspecified atom stereocenters. The summed E-state index contributed by atoms with van der Waals surface area (Å²) >= 11 is 5.95. The molecule has 0 saturated heterocycles. The Morgan fingerprint density at radius 3 is 2.36 bits per heavy atom. The van der Waals surface area contributed by atoms with Gasteiger partial charge in [0.15, 0.2) is 0 Å². The fourth-order valence-corrected chi connectivity index (χ4v) is 3.05. The van der Waals surface area contributed by atoms with Crippen LogP contribution in [0, 0.1) is 5.82 Å². The van der Waals surface area contributed by atoms with E-state index in [-0.39, 0.29) is 29.5 Å². The fraction of sp³-hybridized carbons (Fsp3) is 0.238. The number of imide groups is 1. The summed E-state index contributed by atoms with van der Waals surface area (Å²) in [6.07, 6.45) is 0.545. The van der Waals surface area contributed by atoms with Gasteiger partial charge >= 0.3 is 0 Å². The largest absolute Gasteiger partial charge is 0.382 e. The van der Waals surface area contributed by atoms with Crippen LogP contribution in [0.3, 0.4) is 0 Å². The van der Waals surface area contributed by atoms with Gasteiger partial charge in [-0.15, -0.1) is 0 Å². The Kier molecular flexibility index (Phi) is 6.44. The van der Waals surface area contributed by atoms with Crippen molar-refractivity contribution in [2.24, 2.45) is 0 Å². The minimum absolute atomic E-state index is 0.162. The number of halogens is 2. The predicted octanol–water partition coefficient (Wildman–Crippen LogP) is 4.10. The van der Waals surface area contributed by atoms with E-state index in [1.54, 1.807) is 24.3 Å². The molecule has 1 aliphatic rings. The van der Waals surface area contributed by atoms with Gasteiger partial charge in [-0.25, -0.2) is 4.39 Å². The first-order chi connectivity index (χ1) is 13.5. The first-order valence-electron chi connectivity index (χ1n) is 8.98. The normalized spacial score (nSPS) is 14.2. The number of amides is 2. The van der Waals surface area contributed by atoms with Gasteiger partial charge in [0.25, 0.3) is 11.8 Å². The molecule has 0 fully saturated rings. The van der Waals surface area contributed by atoms with Gasteiger partial charge in [0.2, 0.25) is 0 Å². The van der Waals surface area contributed by atoms with E-state index in [1.807, 2.05) is 6.92 Å². The van der Waals surface area contributed by atoms with E-state index in [0.29, 0.717) is 35.9 Å². The lowest BCUT2D eigenvalue weighted by atomic mass is 10.0. The van der Waals surface area contributed by atoms with E-state index in [4.69, 9.17) is 16.3 Å². The van der Waals surface area contributed by atoms with Crippen molar-refractivity contribution in [3.05, 3.63) is 70.6 Å². The van der Waals surface area contributed by atoms with Gasteiger partial charge in [0.05, 0.1) is 5.57 Å². The van der Waals surface area contributed by atoms with Crippen molar-refractivity contribution >= 4 is 34.7 Å².